The molecule has 0 unspecified atom stereocenters. The topological polar surface area (TPSA) is 42.1 Å². The molecule has 0 amide bonds. The van der Waals surface area contributed by atoms with Crippen molar-refractivity contribution >= 4 is 44.9 Å². The Morgan fingerprint density at radius 2 is 2.11 bits per heavy atom. The van der Waals surface area contributed by atoms with Crippen molar-refractivity contribution in [3.8, 4) is 0 Å². The van der Waals surface area contributed by atoms with E-state index in [9.17, 15) is 4.79 Å². The summed E-state index contributed by atoms with van der Waals surface area (Å²) < 4.78 is 4.55. The van der Waals surface area contributed by atoms with Gasteiger partial charge in [0, 0.05) is 16.9 Å². The molecule has 1 N–H and O–H groups in total. The number of carbonyl (C=O) groups is 1. The third-order valence-electron chi connectivity index (χ3n) is 2.23. The Morgan fingerprint density at radius 3 is 2.58 bits per heavy atom. The Balaban J connectivity index is 0.000000224. The Labute approximate surface area is 126 Å². The number of ether oxygens (including phenoxy) is 1. The summed E-state index contributed by atoms with van der Waals surface area (Å²) in [5, 5.41) is 2.79. The lowest BCUT2D eigenvalue weighted by Gasteiger charge is -2.14. The van der Waals surface area contributed by atoms with Gasteiger partial charge in [-0.2, -0.15) is 0 Å². The lowest BCUT2D eigenvalue weighted by molar-refractivity contribution is -0.138. The van der Waals surface area contributed by atoms with Gasteiger partial charge >= 0.3 is 0 Å². The van der Waals surface area contributed by atoms with Crippen molar-refractivity contribution < 1.29 is 9.53 Å². The number of nitrogens with one attached hydrogen (secondary N) is 1. The van der Waals surface area contributed by atoms with Crippen LogP contribution in [0.1, 0.15) is 26.3 Å². The number of fused-ring (bicyclic) bond motifs is 1. The van der Waals surface area contributed by atoms with Gasteiger partial charge < -0.3 is 9.72 Å². The molecule has 1 heterocycles. The van der Waals surface area contributed by atoms with Crippen LogP contribution >= 0.6 is 27.5 Å². The van der Waals surface area contributed by atoms with Crippen LogP contribution in [-0.4, -0.2) is 17.1 Å². The molecular weight excluding hydrogens is 330 g/mol. The normalized spacial score (nSPS) is 10.8. The van der Waals surface area contributed by atoms with Crippen molar-refractivity contribution in [2.45, 2.75) is 31.7 Å². The molecule has 104 valence electrons. The summed E-state index contributed by atoms with van der Waals surface area (Å²) in [6.45, 7) is 5.92. The average Bonchev–Trinajstić information content (AvgIpc) is 2.76. The molecule has 3 nitrogen and oxygen atoms in total. The summed E-state index contributed by atoms with van der Waals surface area (Å²) in [6, 6.07) is 6.11. The number of aromatic nitrogens is 1. The second-order valence-electron chi connectivity index (χ2n) is 4.98. The minimum absolute atomic E-state index is 0.318. The summed E-state index contributed by atoms with van der Waals surface area (Å²) in [6.07, 6.45) is 1.90. The molecule has 0 radical (unpaired) electrons. The van der Waals surface area contributed by atoms with Gasteiger partial charge in [0.25, 0.3) is 6.47 Å². The molecule has 0 aliphatic carbocycles. The van der Waals surface area contributed by atoms with E-state index in [4.69, 9.17) is 11.6 Å². The number of alkyl halides is 1. The summed E-state index contributed by atoms with van der Waals surface area (Å²) >= 11 is 9.43. The number of H-pyrrole nitrogens is 1. The Bertz CT molecular complexity index is 546. The van der Waals surface area contributed by atoms with Crippen molar-refractivity contribution in [2.24, 2.45) is 0 Å². The van der Waals surface area contributed by atoms with E-state index in [2.05, 4.69) is 31.7 Å². The quantitative estimate of drug-likeness (QED) is 0.634. The van der Waals surface area contributed by atoms with Gasteiger partial charge in [0.15, 0.2) is 0 Å². The van der Waals surface area contributed by atoms with Gasteiger partial charge in [0.05, 0.1) is 10.5 Å². The van der Waals surface area contributed by atoms with Crippen molar-refractivity contribution in [1.82, 2.24) is 4.98 Å². The van der Waals surface area contributed by atoms with E-state index in [1.165, 1.54) is 5.56 Å². The van der Waals surface area contributed by atoms with Crippen molar-refractivity contribution in [1.29, 1.82) is 0 Å². The average molecular weight is 347 g/mol. The molecule has 0 aliphatic rings. The fraction of sp³-hybridized carbons (Fsp3) is 0.357. The third kappa shape index (κ3) is 5.25. The number of benzene rings is 1. The first-order valence-electron chi connectivity index (χ1n) is 5.80. The first-order chi connectivity index (χ1) is 8.87. The maximum Gasteiger partial charge on any atom is 0.293 e. The zero-order valence-corrected chi connectivity index (χ0v) is 13.5. The van der Waals surface area contributed by atoms with Crippen LogP contribution in [0.25, 0.3) is 10.9 Å². The minimum Gasteiger partial charge on any atom is -0.462 e. The Kier molecular flexibility index (Phi) is 5.88. The van der Waals surface area contributed by atoms with Gasteiger partial charge in [-0.05, 0) is 44.5 Å². The summed E-state index contributed by atoms with van der Waals surface area (Å²) in [5.41, 5.74) is 1.90. The standard InChI is InChI=1S/C9H7BrClN.C5H10O2/c10-5-6-3-7-1-2-12-9(7)8(11)4-6;1-5(2,3)7-4-6/h1-4,12H,5H2;4H,1-3H3. The highest BCUT2D eigenvalue weighted by Crippen LogP contribution is 2.24. The monoisotopic (exact) mass is 345 g/mol. The molecule has 1 aromatic heterocycles. The number of carbonyl (C=O) groups excluding carboxylic acids is 1. The molecule has 2 aromatic rings. The number of halogens is 2. The molecule has 0 saturated carbocycles. The number of hydrogen-bond donors (Lipinski definition) is 1. The predicted molar refractivity (Wildman–Crippen MR) is 82.8 cm³/mol. The molecule has 1 aromatic carbocycles. The van der Waals surface area contributed by atoms with Gasteiger partial charge in [-0.3, -0.25) is 4.79 Å². The van der Waals surface area contributed by atoms with E-state index >= 15 is 0 Å². The summed E-state index contributed by atoms with van der Waals surface area (Å²) in [5.74, 6) is 0. The molecule has 0 aliphatic heterocycles. The second kappa shape index (κ2) is 6.96. The Morgan fingerprint density at radius 1 is 1.42 bits per heavy atom. The van der Waals surface area contributed by atoms with E-state index in [-0.39, 0.29) is 5.60 Å². The minimum atomic E-state index is -0.318. The highest BCUT2D eigenvalue weighted by molar-refractivity contribution is 9.08. The predicted octanol–water partition coefficient (Wildman–Crippen LogP) is 4.67. The lowest BCUT2D eigenvalue weighted by atomic mass is 10.2. The zero-order valence-electron chi connectivity index (χ0n) is 11.2. The lowest BCUT2D eigenvalue weighted by Crippen LogP contribution is -2.17. The molecule has 0 saturated heterocycles. The zero-order chi connectivity index (χ0) is 14.5. The van der Waals surface area contributed by atoms with Crippen molar-refractivity contribution in [3.05, 3.63) is 35.0 Å². The SMILES string of the molecule is CC(C)(C)OC=O.Clc1cc(CBr)cc2cc[nH]c12. The van der Waals surface area contributed by atoms with E-state index in [1.54, 1.807) is 0 Å². The van der Waals surface area contributed by atoms with Crippen LogP contribution in [-0.2, 0) is 14.9 Å². The molecule has 5 heteroatoms. The summed E-state index contributed by atoms with van der Waals surface area (Å²) in [4.78, 5) is 12.7. The second-order valence-corrected chi connectivity index (χ2v) is 5.95. The van der Waals surface area contributed by atoms with Crippen LogP contribution in [0.15, 0.2) is 24.4 Å². The largest absolute Gasteiger partial charge is 0.462 e. The van der Waals surface area contributed by atoms with Crippen molar-refractivity contribution in [2.75, 3.05) is 0 Å². The van der Waals surface area contributed by atoms with E-state index in [0.717, 1.165) is 21.3 Å². The number of aromatic amines is 1. The molecule has 0 bridgehead atoms. The smallest absolute Gasteiger partial charge is 0.293 e. The van der Waals surface area contributed by atoms with E-state index in [0.29, 0.717) is 6.47 Å². The molecule has 19 heavy (non-hydrogen) atoms. The Hall–Kier alpha value is -1.00. The molecule has 0 spiro atoms. The fourth-order valence-corrected chi connectivity index (χ4v) is 2.03. The summed E-state index contributed by atoms with van der Waals surface area (Å²) in [7, 11) is 0. The van der Waals surface area contributed by atoms with Gasteiger partial charge in [-0.1, -0.05) is 27.5 Å². The third-order valence-corrected chi connectivity index (χ3v) is 3.17. The van der Waals surface area contributed by atoms with Crippen LogP contribution in [0.5, 0.6) is 0 Å². The van der Waals surface area contributed by atoms with Crippen LogP contribution in [0.4, 0.5) is 0 Å². The van der Waals surface area contributed by atoms with Crippen LogP contribution in [0.3, 0.4) is 0 Å². The van der Waals surface area contributed by atoms with E-state index < -0.39 is 0 Å². The highest BCUT2D eigenvalue weighted by atomic mass is 79.9. The van der Waals surface area contributed by atoms with Crippen LogP contribution in [0.2, 0.25) is 5.02 Å². The highest BCUT2D eigenvalue weighted by Gasteiger charge is 2.07. The van der Waals surface area contributed by atoms with Crippen molar-refractivity contribution in [3.63, 3.8) is 0 Å². The number of hydrogen-bond acceptors (Lipinski definition) is 2. The van der Waals surface area contributed by atoms with Gasteiger partial charge in [0.2, 0.25) is 0 Å². The maximum atomic E-state index is 9.60. The number of rotatable bonds is 2. The van der Waals surface area contributed by atoms with Gasteiger partial charge in [-0.15, -0.1) is 0 Å². The first-order valence-corrected chi connectivity index (χ1v) is 7.30. The van der Waals surface area contributed by atoms with Gasteiger partial charge in [0.1, 0.15) is 5.60 Å². The molecule has 0 fully saturated rings. The van der Waals surface area contributed by atoms with Gasteiger partial charge in [-0.25, -0.2) is 0 Å². The first kappa shape index (κ1) is 16.1. The van der Waals surface area contributed by atoms with Crippen LogP contribution in [0, 0.1) is 0 Å². The van der Waals surface area contributed by atoms with E-state index in [1.807, 2.05) is 39.1 Å². The molecular formula is C14H17BrClNO2. The maximum absolute atomic E-state index is 9.60. The molecule has 2 rings (SSSR count). The van der Waals surface area contributed by atoms with Crippen LogP contribution < -0.4 is 0 Å². The molecule has 0 atom stereocenters. The fourth-order valence-electron chi connectivity index (χ4n) is 1.41.